The summed E-state index contributed by atoms with van der Waals surface area (Å²) in [7, 11) is 0. The molecule has 2 aliphatic heterocycles. The molecule has 2 amide bonds. The van der Waals surface area contributed by atoms with Crippen molar-refractivity contribution in [2.24, 2.45) is 0 Å². The lowest BCUT2D eigenvalue weighted by molar-refractivity contribution is -0.133. The average molecular weight is 466 g/mol. The molecule has 178 valence electrons. The molecule has 2 aliphatic rings. The lowest BCUT2D eigenvalue weighted by atomic mass is 9.92. The Balaban J connectivity index is 1.54. The predicted molar refractivity (Wildman–Crippen MR) is 122 cm³/mol. The van der Waals surface area contributed by atoms with Gasteiger partial charge in [0.25, 0.3) is 5.91 Å². The van der Waals surface area contributed by atoms with Crippen molar-refractivity contribution >= 4 is 17.6 Å². The highest BCUT2D eigenvalue weighted by molar-refractivity contribution is 5.97. The van der Waals surface area contributed by atoms with E-state index in [4.69, 9.17) is 9.47 Å². The van der Waals surface area contributed by atoms with Crippen molar-refractivity contribution in [1.82, 2.24) is 15.5 Å². The van der Waals surface area contributed by atoms with E-state index in [0.29, 0.717) is 5.56 Å². The van der Waals surface area contributed by atoms with Crippen molar-refractivity contribution in [3.8, 4) is 5.75 Å². The Morgan fingerprint density at radius 3 is 2.53 bits per heavy atom. The Morgan fingerprint density at radius 2 is 1.88 bits per heavy atom. The van der Waals surface area contributed by atoms with Crippen LogP contribution in [0.1, 0.15) is 29.8 Å². The number of ether oxygens (including phenoxy) is 2. The first kappa shape index (κ1) is 23.3. The molecule has 3 atom stereocenters. The smallest absolute Gasteiger partial charge is 0.258 e. The molecule has 0 radical (unpaired) electrons. The zero-order valence-electron chi connectivity index (χ0n) is 19.0. The first-order chi connectivity index (χ1) is 16.3. The maximum Gasteiger partial charge on any atom is 0.258 e. The summed E-state index contributed by atoms with van der Waals surface area (Å²) in [5.41, 5.74) is 0.143. The normalized spacial score (nSPS) is 22.6. The molecule has 2 aromatic rings. The maximum atomic E-state index is 13.4. The number of carbonyl (C=O) groups excluding carboxylic acids is 3. The van der Waals surface area contributed by atoms with Gasteiger partial charge in [0.2, 0.25) is 11.8 Å². The average Bonchev–Trinajstić information content (AvgIpc) is 3.39. The van der Waals surface area contributed by atoms with Gasteiger partial charge in [-0.3, -0.25) is 19.7 Å². The van der Waals surface area contributed by atoms with Crippen LogP contribution in [0.15, 0.2) is 66.7 Å². The zero-order valence-corrected chi connectivity index (χ0v) is 19.0. The summed E-state index contributed by atoms with van der Waals surface area (Å²) in [5, 5.41) is 15.2. The van der Waals surface area contributed by atoms with Crippen molar-refractivity contribution in [3.05, 3.63) is 77.8 Å². The molecule has 2 aromatic carbocycles. The first-order valence-electron chi connectivity index (χ1n) is 11.0. The van der Waals surface area contributed by atoms with Crippen LogP contribution in [0.2, 0.25) is 0 Å². The highest BCUT2D eigenvalue weighted by Crippen LogP contribution is 2.24. The van der Waals surface area contributed by atoms with Gasteiger partial charge in [0.05, 0.1) is 12.3 Å². The van der Waals surface area contributed by atoms with Crippen molar-refractivity contribution in [2.75, 3.05) is 13.3 Å². The predicted octanol–water partition coefficient (Wildman–Crippen LogP) is 1.68. The van der Waals surface area contributed by atoms with Crippen molar-refractivity contribution in [3.63, 3.8) is 0 Å². The number of nitrogens with zero attached hydrogens (tertiary/aromatic N) is 1. The molecule has 9 nitrogen and oxygen atoms in total. The van der Waals surface area contributed by atoms with Crippen LogP contribution in [-0.2, 0) is 25.5 Å². The third-order valence-electron chi connectivity index (χ3n) is 6.23. The topological polar surface area (TPSA) is 117 Å². The molecule has 3 N–H and O–H groups in total. The van der Waals surface area contributed by atoms with Gasteiger partial charge >= 0.3 is 0 Å². The molecule has 34 heavy (non-hydrogen) atoms. The third-order valence-corrected chi connectivity index (χ3v) is 6.23. The van der Waals surface area contributed by atoms with Gasteiger partial charge in [-0.1, -0.05) is 30.3 Å². The van der Waals surface area contributed by atoms with Crippen LogP contribution >= 0.6 is 0 Å². The molecule has 0 bridgehead atoms. The number of rotatable bonds is 7. The van der Waals surface area contributed by atoms with Crippen LogP contribution in [0.5, 0.6) is 5.75 Å². The van der Waals surface area contributed by atoms with Crippen LogP contribution < -0.4 is 10.6 Å². The number of benzene rings is 2. The zero-order chi connectivity index (χ0) is 24.3. The summed E-state index contributed by atoms with van der Waals surface area (Å²) in [4.78, 5) is 40.0. The van der Waals surface area contributed by atoms with Crippen LogP contribution in [-0.4, -0.2) is 58.6 Å². The second kappa shape index (κ2) is 9.56. The number of amides is 2. The highest BCUT2D eigenvalue weighted by Gasteiger charge is 2.47. The lowest BCUT2D eigenvalue weighted by Gasteiger charge is -2.32. The van der Waals surface area contributed by atoms with Gasteiger partial charge in [-0.2, -0.15) is 0 Å². The maximum absolute atomic E-state index is 13.4. The highest BCUT2D eigenvalue weighted by atomic mass is 16.5. The summed E-state index contributed by atoms with van der Waals surface area (Å²) in [6, 6.07) is 14.5. The van der Waals surface area contributed by atoms with Crippen LogP contribution in [0, 0.1) is 0 Å². The van der Waals surface area contributed by atoms with Gasteiger partial charge in [0.15, 0.2) is 12.5 Å². The van der Waals surface area contributed by atoms with E-state index >= 15 is 0 Å². The van der Waals surface area contributed by atoms with Crippen LogP contribution in [0.4, 0.5) is 0 Å². The van der Waals surface area contributed by atoms with Gasteiger partial charge in [0, 0.05) is 12.0 Å². The molecule has 0 saturated carbocycles. The minimum atomic E-state index is -1.14. The van der Waals surface area contributed by atoms with E-state index < -0.39 is 17.7 Å². The third kappa shape index (κ3) is 4.89. The molecular weight excluding hydrogens is 438 g/mol. The summed E-state index contributed by atoms with van der Waals surface area (Å²) < 4.78 is 11.1. The Labute approximate surface area is 197 Å². The molecule has 2 heterocycles. The first-order valence-corrected chi connectivity index (χ1v) is 11.0. The molecule has 3 unspecified atom stereocenters. The number of nitrogens with one attached hydrogen (secondary N) is 2. The van der Waals surface area contributed by atoms with E-state index in [1.54, 1.807) is 73.5 Å². The Kier molecular flexibility index (Phi) is 6.56. The SMILES string of the molecule is CC1OCC(=O)C1(C)NC(=O)C(Cc1ccc(O)cc1)N1C=C(NC(=O)c2ccccc2)OC1. The molecule has 1 fully saturated rings. The Bertz CT molecular complexity index is 1100. The fourth-order valence-corrected chi connectivity index (χ4v) is 3.86. The number of carbonyl (C=O) groups is 3. The van der Waals surface area contributed by atoms with Crippen LogP contribution in [0.25, 0.3) is 0 Å². The van der Waals surface area contributed by atoms with Crippen molar-refractivity contribution in [2.45, 2.75) is 38.0 Å². The van der Waals surface area contributed by atoms with Crippen molar-refractivity contribution < 1.29 is 29.0 Å². The summed E-state index contributed by atoms with van der Waals surface area (Å²) in [5.74, 6) is -0.562. The lowest BCUT2D eigenvalue weighted by Crippen LogP contribution is -2.60. The second-order valence-corrected chi connectivity index (χ2v) is 8.56. The fraction of sp³-hybridized carbons (Fsp3) is 0.320. The van der Waals surface area contributed by atoms with Gasteiger partial charge in [-0.15, -0.1) is 0 Å². The van der Waals surface area contributed by atoms with Crippen molar-refractivity contribution in [1.29, 1.82) is 0 Å². The number of Topliss-reactive ketones (excluding diaryl/α,β-unsaturated/α-hetero) is 1. The number of hydrogen-bond acceptors (Lipinski definition) is 7. The van der Waals surface area contributed by atoms with E-state index in [2.05, 4.69) is 10.6 Å². The number of aromatic hydroxyl groups is 1. The van der Waals surface area contributed by atoms with Gasteiger partial charge in [-0.05, 0) is 43.7 Å². The molecule has 9 heteroatoms. The van der Waals surface area contributed by atoms with Gasteiger partial charge < -0.3 is 24.8 Å². The van der Waals surface area contributed by atoms with Crippen LogP contribution in [0.3, 0.4) is 0 Å². The summed E-state index contributed by atoms with van der Waals surface area (Å²) in [6.45, 7) is 3.39. The number of phenols is 1. The standard InChI is InChI=1S/C25H27N3O6/c1-16-25(2,21(30)14-33-16)27-24(32)20(12-17-8-10-19(29)11-9-17)28-13-22(34-15-28)26-23(31)18-6-4-3-5-7-18/h3-11,13,16,20,29H,12,14-15H2,1-2H3,(H,26,31)(H,27,32). The summed E-state index contributed by atoms with van der Waals surface area (Å²) >= 11 is 0. The largest absolute Gasteiger partial charge is 0.508 e. The number of hydrogen-bond donors (Lipinski definition) is 3. The molecule has 4 rings (SSSR count). The molecule has 1 saturated heterocycles. The van der Waals surface area contributed by atoms with E-state index in [1.165, 1.54) is 0 Å². The minimum Gasteiger partial charge on any atom is -0.508 e. The quantitative estimate of drug-likeness (QED) is 0.570. The van der Waals surface area contributed by atoms with E-state index in [1.807, 2.05) is 6.07 Å². The molecular formula is C25H27N3O6. The molecule has 0 aliphatic carbocycles. The summed E-state index contributed by atoms with van der Waals surface area (Å²) in [6.07, 6.45) is 1.39. The second-order valence-electron chi connectivity index (χ2n) is 8.56. The monoisotopic (exact) mass is 465 g/mol. The van der Waals surface area contributed by atoms with E-state index in [-0.39, 0.29) is 49.0 Å². The fourth-order valence-electron chi connectivity index (χ4n) is 3.86. The Morgan fingerprint density at radius 1 is 1.18 bits per heavy atom. The minimum absolute atomic E-state index is 0.0390. The number of ketones is 1. The number of phenolic OH excluding ortho intramolecular Hbond substituents is 1. The van der Waals surface area contributed by atoms with Gasteiger partial charge in [0.1, 0.15) is 23.9 Å². The Hall–Kier alpha value is -3.85. The van der Waals surface area contributed by atoms with Gasteiger partial charge in [-0.25, -0.2) is 0 Å². The van der Waals surface area contributed by atoms with E-state index in [9.17, 15) is 19.5 Å². The molecule has 0 aromatic heterocycles. The molecule has 0 spiro atoms. The van der Waals surface area contributed by atoms with E-state index in [0.717, 1.165) is 5.56 Å².